The van der Waals surface area contributed by atoms with E-state index in [1.165, 1.54) is 0 Å². The first-order valence-electron chi connectivity index (χ1n) is 7.64. The first kappa shape index (κ1) is 15.9. The topological polar surface area (TPSA) is 98.7 Å². The van der Waals surface area contributed by atoms with Gasteiger partial charge in [0.05, 0.1) is 11.6 Å². The first-order valence-corrected chi connectivity index (χ1v) is 7.64. The maximum absolute atomic E-state index is 12.2. The molecule has 2 aromatic rings. The predicted molar refractivity (Wildman–Crippen MR) is 88.2 cm³/mol. The molecular weight excluding hydrogens is 316 g/mol. The van der Waals surface area contributed by atoms with Crippen LogP contribution in [0, 0.1) is 0 Å². The molecule has 0 aliphatic heterocycles. The second-order valence-corrected chi connectivity index (χ2v) is 6.22. The SMILES string of the molecule is Cl.NC1(C(=O)Nc2cccc(-c3nnnn3C3CC3)c2)CCC1. The molecular formula is C15H19ClN6O. The Morgan fingerprint density at radius 3 is 2.78 bits per heavy atom. The highest BCUT2D eigenvalue weighted by Crippen LogP contribution is 2.37. The van der Waals surface area contributed by atoms with Crippen LogP contribution in [0.4, 0.5) is 5.69 Å². The molecule has 0 atom stereocenters. The molecule has 3 N–H and O–H groups in total. The van der Waals surface area contributed by atoms with Crippen molar-refractivity contribution in [2.24, 2.45) is 5.73 Å². The lowest BCUT2D eigenvalue weighted by Crippen LogP contribution is -2.56. The number of halogens is 1. The number of carbonyl (C=O) groups excluding carboxylic acids is 1. The molecule has 0 saturated heterocycles. The van der Waals surface area contributed by atoms with Gasteiger partial charge >= 0.3 is 0 Å². The van der Waals surface area contributed by atoms with Crippen molar-refractivity contribution in [3.8, 4) is 11.4 Å². The average Bonchev–Trinajstić information content (AvgIpc) is 3.22. The van der Waals surface area contributed by atoms with Crippen LogP contribution in [0.25, 0.3) is 11.4 Å². The Morgan fingerprint density at radius 2 is 2.13 bits per heavy atom. The first-order chi connectivity index (χ1) is 10.7. The summed E-state index contributed by atoms with van der Waals surface area (Å²) in [7, 11) is 0. The molecule has 0 bridgehead atoms. The van der Waals surface area contributed by atoms with Gasteiger partial charge in [0.15, 0.2) is 5.82 Å². The van der Waals surface area contributed by atoms with Gasteiger partial charge in [-0.3, -0.25) is 4.79 Å². The Morgan fingerprint density at radius 1 is 1.35 bits per heavy atom. The highest BCUT2D eigenvalue weighted by atomic mass is 35.5. The van der Waals surface area contributed by atoms with Crippen LogP contribution in [0.1, 0.15) is 38.1 Å². The molecule has 1 amide bonds. The van der Waals surface area contributed by atoms with Crippen molar-refractivity contribution in [1.29, 1.82) is 0 Å². The van der Waals surface area contributed by atoms with Gasteiger partial charge in [-0.15, -0.1) is 17.5 Å². The average molecular weight is 335 g/mol. The minimum Gasteiger partial charge on any atom is -0.324 e. The number of nitrogens with two attached hydrogens (primary N) is 1. The van der Waals surface area contributed by atoms with E-state index in [1.54, 1.807) is 0 Å². The molecule has 0 radical (unpaired) electrons. The van der Waals surface area contributed by atoms with Gasteiger partial charge < -0.3 is 11.1 Å². The van der Waals surface area contributed by atoms with Crippen LogP contribution in [0.5, 0.6) is 0 Å². The van der Waals surface area contributed by atoms with Crippen LogP contribution in [0.2, 0.25) is 0 Å². The normalized spacial score (nSPS) is 18.7. The van der Waals surface area contributed by atoms with Crippen molar-refractivity contribution in [3.05, 3.63) is 24.3 Å². The Balaban J connectivity index is 0.00000156. The van der Waals surface area contributed by atoms with Crippen LogP contribution < -0.4 is 11.1 Å². The molecule has 1 aromatic heterocycles. The molecule has 2 aliphatic rings. The van der Waals surface area contributed by atoms with Crippen molar-refractivity contribution in [3.63, 3.8) is 0 Å². The molecule has 1 aromatic carbocycles. The van der Waals surface area contributed by atoms with Crippen LogP contribution in [-0.4, -0.2) is 31.7 Å². The molecule has 8 heteroatoms. The monoisotopic (exact) mass is 334 g/mol. The number of amides is 1. The largest absolute Gasteiger partial charge is 0.324 e. The zero-order chi connectivity index (χ0) is 15.2. The fourth-order valence-electron chi connectivity index (χ4n) is 2.73. The number of hydrogen-bond donors (Lipinski definition) is 2. The van der Waals surface area contributed by atoms with Gasteiger partial charge in [0.1, 0.15) is 0 Å². The second-order valence-electron chi connectivity index (χ2n) is 6.22. The number of tetrazole rings is 1. The van der Waals surface area contributed by atoms with E-state index in [1.807, 2.05) is 28.9 Å². The highest BCUT2D eigenvalue weighted by Gasteiger charge is 2.40. The Hall–Kier alpha value is -1.99. The van der Waals surface area contributed by atoms with Crippen LogP contribution in [0.3, 0.4) is 0 Å². The standard InChI is InChI=1S/C15H18N6O.ClH/c16-15(7-2-8-15)14(22)17-11-4-1-3-10(9-11)13-18-19-20-21(13)12-5-6-12;/h1,3-4,9,12H,2,5-8,16H2,(H,17,22);1H. The zero-order valence-corrected chi connectivity index (χ0v) is 13.4. The molecule has 122 valence electrons. The van der Waals surface area contributed by atoms with Crippen molar-refractivity contribution >= 4 is 24.0 Å². The number of hydrogen-bond acceptors (Lipinski definition) is 5. The fourth-order valence-corrected chi connectivity index (χ4v) is 2.73. The third-order valence-corrected chi connectivity index (χ3v) is 4.46. The van der Waals surface area contributed by atoms with E-state index < -0.39 is 5.54 Å². The summed E-state index contributed by atoms with van der Waals surface area (Å²) in [4.78, 5) is 12.2. The lowest BCUT2D eigenvalue weighted by molar-refractivity contribution is -0.123. The maximum Gasteiger partial charge on any atom is 0.244 e. The molecule has 0 spiro atoms. The summed E-state index contributed by atoms with van der Waals surface area (Å²) in [5.74, 6) is 0.627. The summed E-state index contributed by atoms with van der Waals surface area (Å²) in [6, 6.07) is 7.99. The van der Waals surface area contributed by atoms with Crippen molar-refractivity contribution in [2.45, 2.75) is 43.7 Å². The molecule has 2 saturated carbocycles. The molecule has 7 nitrogen and oxygen atoms in total. The second kappa shape index (κ2) is 5.90. The number of anilines is 1. The summed E-state index contributed by atoms with van der Waals surface area (Å²) in [5.41, 5.74) is 6.97. The summed E-state index contributed by atoms with van der Waals surface area (Å²) in [6.07, 6.45) is 4.74. The summed E-state index contributed by atoms with van der Waals surface area (Å²) in [5, 5.41) is 14.8. The van der Waals surface area contributed by atoms with Crippen LogP contribution >= 0.6 is 12.4 Å². The number of nitrogens with one attached hydrogen (secondary N) is 1. The van der Waals surface area contributed by atoms with Gasteiger partial charge in [-0.25, -0.2) is 4.68 Å². The van der Waals surface area contributed by atoms with Gasteiger partial charge in [-0.1, -0.05) is 12.1 Å². The van der Waals surface area contributed by atoms with E-state index in [4.69, 9.17) is 5.73 Å². The smallest absolute Gasteiger partial charge is 0.244 e. The number of nitrogens with zero attached hydrogens (tertiary/aromatic N) is 4. The maximum atomic E-state index is 12.2. The summed E-state index contributed by atoms with van der Waals surface area (Å²) in [6.45, 7) is 0. The van der Waals surface area contributed by atoms with E-state index >= 15 is 0 Å². The molecule has 2 aliphatic carbocycles. The fraction of sp³-hybridized carbons (Fsp3) is 0.467. The van der Waals surface area contributed by atoms with Crippen LogP contribution in [-0.2, 0) is 4.79 Å². The van der Waals surface area contributed by atoms with Crippen molar-refractivity contribution in [1.82, 2.24) is 20.2 Å². The molecule has 0 unspecified atom stereocenters. The number of carbonyl (C=O) groups is 1. The third-order valence-electron chi connectivity index (χ3n) is 4.46. The predicted octanol–water partition coefficient (Wildman–Crippen LogP) is 1.92. The van der Waals surface area contributed by atoms with Gasteiger partial charge in [-0.2, -0.15) is 0 Å². The van der Waals surface area contributed by atoms with Crippen molar-refractivity contribution < 1.29 is 4.79 Å². The Bertz CT molecular complexity index is 722. The van der Waals surface area contributed by atoms with E-state index in [2.05, 4.69) is 20.8 Å². The number of benzene rings is 1. The minimum absolute atomic E-state index is 0. The lowest BCUT2D eigenvalue weighted by atomic mass is 9.77. The highest BCUT2D eigenvalue weighted by molar-refractivity contribution is 5.98. The Kier molecular flexibility index (Phi) is 4.08. The van der Waals surface area contributed by atoms with E-state index in [0.717, 1.165) is 49.2 Å². The Labute approximate surface area is 140 Å². The van der Waals surface area contributed by atoms with E-state index in [0.29, 0.717) is 6.04 Å². The van der Waals surface area contributed by atoms with E-state index in [9.17, 15) is 4.79 Å². The zero-order valence-electron chi connectivity index (χ0n) is 12.6. The molecule has 4 rings (SSSR count). The van der Waals surface area contributed by atoms with Gasteiger partial charge in [0, 0.05) is 11.3 Å². The van der Waals surface area contributed by atoms with E-state index in [-0.39, 0.29) is 18.3 Å². The third kappa shape index (κ3) is 2.94. The van der Waals surface area contributed by atoms with Crippen LogP contribution in [0.15, 0.2) is 24.3 Å². The molecule has 23 heavy (non-hydrogen) atoms. The van der Waals surface area contributed by atoms with Crippen molar-refractivity contribution in [2.75, 3.05) is 5.32 Å². The van der Waals surface area contributed by atoms with Gasteiger partial charge in [-0.05, 0) is 54.7 Å². The van der Waals surface area contributed by atoms with Gasteiger partial charge in [0.25, 0.3) is 0 Å². The molecule has 1 heterocycles. The quantitative estimate of drug-likeness (QED) is 0.890. The van der Waals surface area contributed by atoms with Gasteiger partial charge in [0.2, 0.25) is 5.91 Å². The lowest BCUT2D eigenvalue weighted by Gasteiger charge is -2.36. The molecule has 2 fully saturated rings. The summed E-state index contributed by atoms with van der Waals surface area (Å²) < 4.78 is 1.86. The number of rotatable bonds is 4. The number of aromatic nitrogens is 4. The summed E-state index contributed by atoms with van der Waals surface area (Å²) >= 11 is 0. The minimum atomic E-state index is -0.703.